The van der Waals surface area contributed by atoms with Gasteiger partial charge in [0.25, 0.3) is 0 Å². The third-order valence-electron chi connectivity index (χ3n) is 5.08. The van der Waals surface area contributed by atoms with Crippen LogP contribution in [-0.4, -0.2) is 29.6 Å². The van der Waals surface area contributed by atoms with Crippen molar-refractivity contribution < 1.29 is 0 Å². The summed E-state index contributed by atoms with van der Waals surface area (Å²) in [5, 5.41) is 3.49. The Bertz CT molecular complexity index is 489. The van der Waals surface area contributed by atoms with Gasteiger partial charge >= 0.3 is 0 Å². The summed E-state index contributed by atoms with van der Waals surface area (Å²) in [4.78, 5) is 12.3. The van der Waals surface area contributed by atoms with Gasteiger partial charge in [0.1, 0.15) is 0 Å². The fourth-order valence-electron chi connectivity index (χ4n) is 3.61. The summed E-state index contributed by atoms with van der Waals surface area (Å²) in [5.74, 6) is 1.72. The van der Waals surface area contributed by atoms with Gasteiger partial charge in [-0.15, -0.1) is 0 Å². The van der Waals surface area contributed by atoms with E-state index in [0.29, 0.717) is 5.92 Å². The maximum absolute atomic E-state index is 5.01. The van der Waals surface area contributed by atoms with Crippen molar-refractivity contribution in [2.24, 2.45) is 0 Å². The van der Waals surface area contributed by atoms with E-state index >= 15 is 0 Å². The van der Waals surface area contributed by atoms with Crippen LogP contribution < -0.4 is 10.2 Å². The first-order chi connectivity index (χ1) is 9.92. The van der Waals surface area contributed by atoms with E-state index in [9.17, 15) is 0 Å². The van der Waals surface area contributed by atoms with E-state index in [1.807, 2.05) is 0 Å². The summed E-state index contributed by atoms with van der Waals surface area (Å²) in [6.45, 7) is 4.32. The zero-order valence-corrected chi connectivity index (χ0v) is 12.2. The number of fused-ring (bicyclic) bond motifs is 1. The van der Waals surface area contributed by atoms with Gasteiger partial charge in [-0.3, -0.25) is 0 Å². The fraction of sp³-hybridized carbons (Fsp3) is 0.750. The predicted octanol–water partition coefficient (Wildman–Crippen LogP) is 2.38. The smallest absolute Gasteiger partial charge is 0.225 e. The van der Waals surface area contributed by atoms with E-state index in [0.717, 1.165) is 38.5 Å². The molecule has 108 valence electrons. The van der Waals surface area contributed by atoms with Crippen LogP contribution in [0.3, 0.4) is 0 Å². The Morgan fingerprint density at radius 3 is 2.60 bits per heavy atom. The van der Waals surface area contributed by atoms with Gasteiger partial charge in [0.15, 0.2) is 0 Å². The molecule has 0 atom stereocenters. The number of anilines is 1. The van der Waals surface area contributed by atoms with Crippen LogP contribution >= 0.6 is 0 Å². The largest absolute Gasteiger partial charge is 0.341 e. The number of piperidine rings is 1. The molecule has 1 saturated heterocycles. The lowest BCUT2D eigenvalue weighted by molar-refractivity contribution is 0.403. The van der Waals surface area contributed by atoms with Crippen molar-refractivity contribution in [2.45, 2.75) is 57.4 Å². The molecule has 1 aliphatic carbocycles. The summed E-state index contributed by atoms with van der Waals surface area (Å²) in [6, 6.07) is 0. The molecule has 1 aromatic heterocycles. The SMILES string of the molecule is C1CCN(c2nc3c(c(C4CCC4)n2)CNCC3)CC1. The average Bonchev–Trinajstić information content (AvgIpc) is 2.46. The number of nitrogens with one attached hydrogen (secondary N) is 1. The molecule has 0 amide bonds. The van der Waals surface area contributed by atoms with Crippen LogP contribution in [-0.2, 0) is 13.0 Å². The molecule has 0 aromatic carbocycles. The van der Waals surface area contributed by atoms with Crippen LogP contribution in [0.1, 0.15) is 61.4 Å². The molecule has 1 aromatic rings. The van der Waals surface area contributed by atoms with Gasteiger partial charge < -0.3 is 10.2 Å². The third-order valence-corrected chi connectivity index (χ3v) is 5.08. The van der Waals surface area contributed by atoms with Crippen molar-refractivity contribution in [3.63, 3.8) is 0 Å². The van der Waals surface area contributed by atoms with E-state index < -0.39 is 0 Å². The van der Waals surface area contributed by atoms with Crippen molar-refractivity contribution in [1.82, 2.24) is 15.3 Å². The van der Waals surface area contributed by atoms with Gasteiger partial charge in [0.05, 0.1) is 11.4 Å². The van der Waals surface area contributed by atoms with Crippen molar-refractivity contribution in [3.8, 4) is 0 Å². The molecule has 1 saturated carbocycles. The van der Waals surface area contributed by atoms with E-state index in [-0.39, 0.29) is 0 Å². The number of hydrogen-bond donors (Lipinski definition) is 1. The monoisotopic (exact) mass is 272 g/mol. The Labute approximate surface area is 121 Å². The van der Waals surface area contributed by atoms with Crippen molar-refractivity contribution in [3.05, 3.63) is 17.0 Å². The highest BCUT2D eigenvalue weighted by Gasteiger charge is 2.28. The minimum Gasteiger partial charge on any atom is -0.341 e. The summed E-state index contributed by atoms with van der Waals surface area (Å²) >= 11 is 0. The number of hydrogen-bond acceptors (Lipinski definition) is 4. The second kappa shape index (κ2) is 5.32. The van der Waals surface area contributed by atoms with Crippen LogP contribution in [0.25, 0.3) is 0 Å². The third kappa shape index (κ3) is 2.20. The van der Waals surface area contributed by atoms with Gasteiger partial charge in [-0.25, -0.2) is 9.97 Å². The van der Waals surface area contributed by atoms with Crippen molar-refractivity contribution >= 4 is 5.95 Å². The summed E-state index contributed by atoms with van der Waals surface area (Å²) in [6.07, 6.45) is 9.03. The second-order valence-electron chi connectivity index (χ2n) is 6.44. The maximum atomic E-state index is 5.01. The van der Waals surface area contributed by atoms with Gasteiger partial charge in [-0.2, -0.15) is 0 Å². The highest BCUT2D eigenvalue weighted by atomic mass is 15.3. The molecule has 2 aliphatic heterocycles. The first-order valence-corrected chi connectivity index (χ1v) is 8.27. The lowest BCUT2D eigenvalue weighted by Crippen LogP contribution is -2.34. The number of nitrogens with zero attached hydrogens (tertiary/aromatic N) is 3. The molecule has 0 bridgehead atoms. The second-order valence-corrected chi connectivity index (χ2v) is 6.44. The summed E-state index contributed by atoms with van der Waals surface area (Å²) in [5.41, 5.74) is 4.11. The lowest BCUT2D eigenvalue weighted by Gasteiger charge is -2.32. The van der Waals surface area contributed by atoms with Gasteiger partial charge in [0, 0.05) is 44.1 Å². The molecule has 4 rings (SSSR count). The van der Waals surface area contributed by atoms with Gasteiger partial charge in [-0.1, -0.05) is 6.42 Å². The van der Waals surface area contributed by atoms with Crippen molar-refractivity contribution in [2.75, 3.05) is 24.5 Å². The molecular weight excluding hydrogens is 248 g/mol. The molecule has 4 heteroatoms. The molecule has 0 radical (unpaired) electrons. The topological polar surface area (TPSA) is 41.1 Å². The molecule has 2 fully saturated rings. The van der Waals surface area contributed by atoms with E-state index in [4.69, 9.17) is 9.97 Å². The molecule has 4 nitrogen and oxygen atoms in total. The first-order valence-electron chi connectivity index (χ1n) is 8.27. The summed E-state index contributed by atoms with van der Waals surface area (Å²) < 4.78 is 0. The Morgan fingerprint density at radius 2 is 1.85 bits per heavy atom. The van der Waals surface area contributed by atoms with E-state index in [1.165, 1.54) is 55.5 Å². The fourth-order valence-corrected chi connectivity index (χ4v) is 3.61. The first kappa shape index (κ1) is 12.6. The van der Waals surface area contributed by atoms with Crippen molar-refractivity contribution in [1.29, 1.82) is 0 Å². The van der Waals surface area contributed by atoms with Crippen LogP contribution in [0.2, 0.25) is 0 Å². The van der Waals surface area contributed by atoms with Crippen LogP contribution in [0, 0.1) is 0 Å². The molecule has 0 unspecified atom stereocenters. The van der Waals surface area contributed by atoms with Gasteiger partial charge in [0.2, 0.25) is 5.95 Å². The van der Waals surface area contributed by atoms with Crippen LogP contribution in [0.15, 0.2) is 0 Å². The minimum absolute atomic E-state index is 0.704. The van der Waals surface area contributed by atoms with Crippen LogP contribution in [0.5, 0.6) is 0 Å². The van der Waals surface area contributed by atoms with Gasteiger partial charge in [-0.05, 0) is 32.1 Å². The highest BCUT2D eigenvalue weighted by molar-refractivity contribution is 5.40. The molecule has 0 spiro atoms. The summed E-state index contributed by atoms with van der Waals surface area (Å²) in [7, 11) is 0. The quantitative estimate of drug-likeness (QED) is 0.897. The Morgan fingerprint density at radius 1 is 1.00 bits per heavy atom. The molecule has 20 heavy (non-hydrogen) atoms. The molecular formula is C16H24N4. The number of rotatable bonds is 2. The Hall–Kier alpha value is -1.16. The number of aromatic nitrogens is 2. The normalized spacial score (nSPS) is 23.3. The predicted molar refractivity (Wildman–Crippen MR) is 80.1 cm³/mol. The van der Waals surface area contributed by atoms with E-state index in [1.54, 1.807) is 0 Å². The van der Waals surface area contributed by atoms with E-state index in [2.05, 4.69) is 10.2 Å². The van der Waals surface area contributed by atoms with Crippen LogP contribution in [0.4, 0.5) is 5.95 Å². The lowest BCUT2D eigenvalue weighted by atomic mass is 9.80. The zero-order valence-electron chi connectivity index (χ0n) is 12.2. The highest BCUT2D eigenvalue weighted by Crippen LogP contribution is 2.38. The zero-order chi connectivity index (χ0) is 13.4. The Kier molecular flexibility index (Phi) is 3.34. The minimum atomic E-state index is 0.704. The molecule has 1 N–H and O–H groups in total. The average molecular weight is 272 g/mol. The molecule has 3 heterocycles. The maximum Gasteiger partial charge on any atom is 0.225 e. The Balaban J connectivity index is 1.71. The molecule has 3 aliphatic rings. The standard InChI is InChI=1S/C16H24N4/c1-2-9-20(10-3-1)16-18-14-7-8-17-11-13(14)15(19-16)12-5-4-6-12/h12,17H,1-11H2.